The zero-order valence-corrected chi connectivity index (χ0v) is 25.4. The number of rotatable bonds is 12. The van der Waals surface area contributed by atoms with Crippen molar-refractivity contribution >= 4 is 35.5 Å². The summed E-state index contributed by atoms with van der Waals surface area (Å²) in [6.45, 7) is -3.30. The molecular weight excluding hydrogens is 682 g/mol. The lowest BCUT2D eigenvalue weighted by molar-refractivity contribution is -0.141. The highest BCUT2D eigenvalue weighted by Crippen LogP contribution is 2.16. The summed E-state index contributed by atoms with van der Waals surface area (Å²) in [6, 6.07) is 13.0. The van der Waals surface area contributed by atoms with Gasteiger partial charge in [-0.1, -0.05) is 24.3 Å². The van der Waals surface area contributed by atoms with E-state index in [0.717, 1.165) is 21.7 Å². The fourth-order valence-electron chi connectivity index (χ4n) is 3.66. The first-order valence-electron chi connectivity index (χ1n) is 13.9. The zero-order chi connectivity index (χ0) is 36.3. The topological polar surface area (TPSA) is 215 Å². The van der Waals surface area contributed by atoms with Crippen molar-refractivity contribution in [2.24, 2.45) is 21.5 Å². The molecule has 0 saturated heterocycles. The number of benzene rings is 2. The van der Waals surface area contributed by atoms with Crippen molar-refractivity contribution < 1.29 is 45.4 Å². The van der Waals surface area contributed by atoms with Gasteiger partial charge in [0.2, 0.25) is 0 Å². The number of nitrogens with one attached hydrogen (secondary N) is 2. The molecule has 0 unspecified atom stereocenters. The average Bonchev–Trinajstić information content (AvgIpc) is 3.73. The number of nitrogens with two attached hydrogens (primary N) is 2. The zero-order valence-electron chi connectivity index (χ0n) is 25.4. The predicted octanol–water partition coefficient (Wildman–Crippen LogP) is 2.77. The van der Waals surface area contributed by atoms with E-state index in [9.17, 15) is 35.9 Å². The molecule has 0 saturated carbocycles. The number of nitrogens with zero attached hydrogens (tertiary/aromatic N) is 8. The van der Waals surface area contributed by atoms with Crippen LogP contribution in [-0.4, -0.2) is 79.3 Å². The van der Waals surface area contributed by atoms with E-state index in [1.165, 1.54) is 12.4 Å². The summed E-state index contributed by atoms with van der Waals surface area (Å²) in [5, 5.41) is 21.0. The van der Waals surface area contributed by atoms with Crippen LogP contribution in [0.3, 0.4) is 0 Å². The smallest absolute Gasteiger partial charge is 0.408 e. The van der Waals surface area contributed by atoms with Crippen molar-refractivity contribution in [2.45, 2.75) is 25.6 Å². The monoisotopic (exact) mass is 708 g/mol. The van der Waals surface area contributed by atoms with Gasteiger partial charge in [-0.2, -0.15) is 36.5 Å². The molecule has 0 radical (unpaired) electrons. The molecule has 2 heterocycles. The number of halogens is 6. The lowest BCUT2D eigenvalue weighted by Gasteiger charge is -2.06. The number of anilines is 2. The second-order valence-corrected chi connectivity index (χ2v) is 9.81. The van der Waals surface area contributed by atoms with Gasteiger partial charge in [0.15, 0.2) is 23.6 Å². The van der Waals surface area contributed by atoms with Crippen molar-refractivity contribution in [2.75, 3.05) is 23.7 Å². The molecule has 0 aliphatic rings. The molecule has 0 spiro atoms. The molecule has 0 amide bonds. The number of aliphatic imine (C=N–C) groups is 2. The van der Waals surface area contributed by atoms with Crippen LogP contribution in [0.15, 0.2) is 83.1 Å². The van der Waals surface area contributed by atoms with Gasteiger partial charge in [-0.3, -0.25) is 0 Å². The Kier molecular flexibility index (Phi) is 11.7. The van der Waals surface area contributed by atoms with Crippen LogP contribution in [0.25, 0.3) is 11.4 Å². The molecule has 16 nitrogen and oxygen atoms in total. The van der Waals surface area contributed by atoms with E-state index >= 15 is 0 Å². The van der Waals surface area contributed by atoms with Gasteiger partial charge in [0.1, 0.15) is 26.3 Å². The first kappa shape index (κ1) is 36.4. The number of carbonyl (C=O) groups is 2. The number of hydrogen-bond acceptors (Lipinski definition) is 10. The number of carbonyl (C=O) groups excluding carboxylic acids is 2. The standard InChI is InChI=1S/C28H26F6N12O4/c29-27(30,31)15-37-25(35)41-21-11-39-45(43-21)19-5-1-3-17(9-19)13-49-23(47)7-8-24(48)50-14-18-4-2-6-20(10-18)46-40-12-22(44-46)42-26(36)38-16-28(32,33)34/h1-12H,13-16H2,(H3,35,37,41,43)(H3,36,38,42,44)/b8-7-. The number of guanidine groups is 2. The van der Waals surface area contributed by atoms with Crippen molar-refractivity contribution in [3.05, 3.63) is 84.2 Å². The summed E-state index contributed by atoms with van der Waals surface area (Å²) >= 11 is 0. The van der Waals surface area contributed by atoms with Crippen LogP contribution in [-0.2, 0) is 32.3 Å². The van der Waals surface area contributed by atoms with Crippen molar-refractivity contribution in [3.63, 3.8) is 0 Å². The number of alkyl halides is 6. The maximum Gasteiger partial charge on any atom is 0.408 e. The van der Waals surface area contributed by atoms with E-state index in [2.05, 4.69) is 41.0 Å². The molecule has 0 fully saturated rings. The first-order valence-corrected chi connectivity index (χ1v) is 13.9. The lowest BCUT2D eigenvalue weighted by Crippen LogP contribution is -2.25. The molecule has 4 aromatic rings. The maximum absolute atomic E-state index is 12.3. The van der Waals surface area contributed by atoms with E-state index in [1.807, 2.05) is 0 Å². The number of esters is 2. The molecule has 0 aliphatic carbocycles. The molecule has 2 aromatic heterocycles. The highest BCUT2D eigenvalue weighted by atomic mass is 19.4. The lowest BCUT2D eigenvalue weighted by atomic mass is 10.2. The van der Waals surface area contributed by atoms with Gasteiger partial charge < -0.3 is 31.6 Å². The number of ether oxygens (including phenoxy) is 2. The van der Waals surface area contributed by atoms with Crippen LogP contribution in [0, 0.1) is 0 Å². The second-order valence-electron chi connectivity index (χ2n) is 9.81. The fourth-order valence-corrected chi connectivity index (χ4v) is 3.66. The Labute approximate surface area is 277 Å². The normalized spacial score (nSPS) is 12.6. The summed E-state index contributed by atoms with van der Waals surface area (Å²) in [6.07, 6.45) is -4.83. The fraction of sp³-hybridized carbons (Fsp3) is 0.214. The molecule has 0 bridgehead atoms. The quantitative estimate of drug-likeness (QED) is 0.0550. The average molecular weight is 709 g/mol. The minimum atomic E-state index is -4.52. The van der Waals surface area contributed by atoms with Crippen LogP contribution in [0.4, 0.5) is 38.0 Å². The van der Waals surface area contributed by atoms with E-state index in [0.29, 0.717) is 22.5 Å². The molecule has 2 aromatic carbocycles. The van der Waals surface area contributed by atoms with E-state index in [1.54, 1.807) is 48.5 Å². The molecule has 0 atom stereocenters. The van der Waals surface area contributed by atoms with Gasteiger partial charge in [-0.25, -0.2) is 19.6 Å². The Morgan fingerprint density at radius 3 is 1.50 bits per heavy atom. The van der Waals surface area contributed by atoms with Gasteiger partial charge in [-0.05, 0) is 35.4 Å². The van der Waals surface area contributed by atoms with Gasteiger partial charge in [-0.15, -0.1) is 19.8 Å². The molecule has 6 N–H and O–H groups in total. The van der Waals surface area contributed by atoms with Crippen LogP contribution >= 0.6 is 0 Å². The molecule has 22 heteroatoms. The third kappa shape index (κ3) is 12.3. The summed E-state index contributed by atoms with van der Waals surface area (Å²) in [7, 11) is 0. The Hall–Kier alpha value is -6.48. The number of hydrogen-bond donors (Lipinski definition) is 4. The minimum Gasteiger partial charge on any atom is -0.458 e. The van der Waals surface area contributed by atoms with Gasteiger partial charge in [0, 0.05) is 12.2 Å². The molecular formula is C28H26F6N12O4. The highest BCUT2D eigenvalue weighted by molar-refractivity contribution is 5.92. The van der Waals surface area contributed by atoms with E-state index in [4.69, 9.17) is 20.9 Å². The van der Waals surface area contributed by atoms with Gasteiger partial charge in [0.25, 0.3) is 0 Å². The van der Waals surface area contributed by atoms with Gasteiger partial charge >= 0.3 is 24.3 Å². The first-order chi connectivity index (χ1) is 23.6. The Morgan fingerprint density at radius 1 is 0.720 bits per heavy atom. The van der Waals surface area contributed by atoms with Crippen LogP contribution in [0.2, 0.25) is 0 Å². The number of aromatic nitrogens is 6. The molecule has 4 rings (SSSR count). The summed E-state index contributed by atoms with van der Waals surface area (Å²) in [5.74, 6) is -2.60. The summed E-state index contributed by atoms with van der Waals surface area (Å²) in [4.78, 5) is 33.0. The summed E-state index contributed by atoms with van der Waals surface area (Å²) in [5.41, 5.74) is 12.8. The Morgan fingerprint density at radius 2 is 1.12 bits per heavy atom. The van der Waals surface area contributed by atoms with Crippen LogP contribution in [0.5, 0.6) is 0 Å². The third-order valence-corrected chi connectivity index (χ3v) is 5.75. The second kappa shape index (κ2) is 16.1. The van der Waals surface area contributed by atoms with Crippen molar-refractivity contribution in [1.82, 2.24) is 30.0 Å². The van der Waals surface area contributed by atoms with Gasteiger partial charge in [0.05, 0.1) is 23.8 Å². The van der Waals surface area contributed by atoms with Crippen molar-refractivity contribution in [3.8, 4) is 11.4 Å². The van der Waals surface area contributed by atoms with E-state index in [-0.39, 0.29) is 24.8 Å². The third-order valence-electron chi connectivity index (χ3n) is 5.75. The Bertz CT molecular complexity index is 1750. The summed E-state index contributed by atoms with van der Waals surface area (Å²) < 4.78 is 84.2. The predicted molar refractivity (Wildman–Crippen MR) is 164 cm³/mol. The Balaban J connectivity index is 1.23. The largest absolute Gasteiger partial charge is 0.458 e. The molecule has 264 valence electrons. The van der Waals surface area contributed by atoms with E-state index < -0.39 is 49.3 Å². The maximum atomic E-state index is 12.3. The minimum absolute atomic E-state index is 0.0388. The van der Waals surface area contributed by atoms with Crippen LogP contribution in [0.1, 0.15) is 11.1 Å². The van der Waals surface area contributed by atoms with Crippen LogP contribution < -0.4 is 22.1 Å². The molecule has 50 heavy (non-hydrogen) atoms. The molecule has 0 aliphatic heterocycles. The SMILES string of the molecule is NC(=NCC(F)(F)F)Nc1cnn(-c2cccc(COC(=O)/C=C\C(=O)OCc3cccc(-n4ncc(NC(N)=NCC(F)(F)F)n4)c3)c2)n1. The van der Waals surface area contributed by atoms with Crippen molar-refractivity contribution in [1.29, 1.82) is 0 Å². The highest BCUT2D eigenvalue weighted by Gasteiger charge is 2.27.